The Hall–Kier alpha value is -1.80. The van der Waals surface area contributed by atoms with E-state index >= 15 is 0 Å². The molecule has 0 radical (unpaired) electrons. The number of rotatable bonds is 3. The molecule has 0 amide bonds. The van der Waals surface area contributed by atoms with Crippen molar-refractivity contribution in [3.05, 3.63) is 35.9 Å². The van der Waals surface area contributed by atoms with Gasteiger partial charge in [0.05, 0.1) is 12.1 Å². The molecule has 0 saturated carbocycles. The summed E-state index contributed by atoms with van der Waals surface area (Å²) >= 11 is 0. The minimum absolute atomic E-state index is 0.0659. The highest BCUT2D eigenvalue weighted by Crippen LogP contribution is 2.21. The van der Waals surface area contributed by atoms with Gasteiger partial charge in [-0.1, -0.05) is 30.3 Å². The van der Waals surface area contributed by atoms with E-state index < -0.39 is 0 Å². The summed E-state index contributed by atoms with van der Waals surface area (Å²) in [5.41, 5.74) is 1.07. The fourth-order valence-electron chi connectivity index (χ4n) is 1.25. The molecule has 0 unspecified atom stereocenters. The van der Waals surface area contributed by atoms with Crippen LogP contribution in [0.1, 0.15) is 24.3 Å². The van der Waals surface area contributed by atoms with Crippen molar-refractivity contribution in [1.82, 2.24) is 0 Å². The van der Waals surface area contributed by atoms with Crippen LogP contribution in [0.25, 0.3) is 0 Å². The first-order valence-electron chi connectivity index (χ1n) is 4.17. The van der Waals surface area contributed by atoms with E-state index in [2.05, 4.69) is 12.1 Å². The molecule has 0 bridgehead atoms. The highest BCUT2D eigenvalue weighted by atomic mass is 14.3. The second-order valence-corrected chi connectivity index (χ2v) is 2.83. The van der Waals surface area contributed by atoms with Crippen LogP contribution in [-0.2, 0) is 0 Å². The quantitative estimate of drug-likeness (QED) is 0.700. The lowest BCUT2D eigenvalue weighted by Crippen LogP contribution is -1.95. The number of benzene rings is 1. The Bertz CT molecular complexity index is 313. The van der Waals surface area contributed by atoms with E-state index in [1.165, 1.54) is 0 Å². The predicted octanol–water partition coefficient (Wildman–Crippen LogP) is 2.60. The Morgan fingerprint density at radius 3 is 2.00 bits per heavy atom. The van der Waals surface area contributed by atoms with Gasteiger partial charge in [-0.15, -0.1) is 0 Å². The summed E-state index contributed by atoms with van der Waals surface area (Å²) in [6, 6.07) is 13.9. The summed E-state index contributed by atoms with van der Waals surface area (Å²) in [6.45, 7) is 0. The van der Waals surface area contributed by atoms with Crippen LogP contribution in [0, 0.1) is 22.7 Å². The van der Waals surface area contributed by atoms with Crippen molar-refractivity contribution in [2.24, 2.45) is 0 Å². The van der Waals surface area contributed by atoms with Crippen molar-refractivity contribution < 1.29 is 0 Å². The van der Waals surface area contributed by atoms with E-state index in [1.54, 1.807) is 0 Å². The number of nitriles is 2. The van der Waals surface area contributed by atoms with Crippen molar-refractivity contribution >= 4 is 0 Å². The molecule has 0 fully saturated rings. The summed E-state index contributed by atoms with van der Waals surface area (Å²) in [5.74, 6) is 0.0659. The molecule has 0 aliphatic rings. The number of hydrogen-bond acceptors (Lipinski definition) is 2. The molecule has 1 rings (SSSR count). The number of hydrogen-bond donors (Lipinski definition) is 0. The lowest BCUT2D eigenvalue weighted by Gasteiger charge is -2.08. The van der Waals surface area contributed by atoms with Gasteiger partial charge in [-0.25, -0.2) is 0 Å². The van der Waals surface area contributed by atoms with Crippen molar-refractivity contribution in [2.75, 3.05) is 0 Å². The Balaban J connectivity index is 2.78. The topological polar surface area (TPSA) is 47.6 Å². The lowest BCUT2D eigenvalue weighted by atomic mass is 9.94. The fraction of sp³-hybridized carbons (Fsp3) is 0.273. The molecular weight excluding hydrogens is 160 g/mol. The molecule has 2 heteroatoms. The van der Waals surface area contributed by atoms with E-state index in [0.717, 1.165) is 5.56 Å². The third-order valence-corrected chi connectivity index (χ3v) is 1.95. The van der Waals surface area contributed by atoms with Crippen LogP contribution in [0.2, 0.25) is 0 Å². The minimum Gasteiger partial charge on any atom is -0.198 e. The first kappa shape index (κ1) is 9.29. The smallest absolute Gasteiger partial charge is 0.0628 e. The molecule has 2 nitrogen and oxygen atoms in total. The maximum atomic E-state index is 8.57. The second kappa shape index (κ2) is 4.95. The molecule has 0 aliphatic heterocycles. The molecule has 0 aliphatic carbocycles. The molecule has 0 aromatic heterocycles. The van der Waals surface area contributed by atoms with E-state index in [1.807, 2.05) is 30.3 Å². The molecule has 0 spiro atoms. The Morgan fingerprint density at radius 1 is 1.00 bits per heavy atom. The minimum atomic E-state index is 0.0659. The normalized spacial score (nSPS) is 9.15. The van der Waals surface area contributed by atoms with Gasteiger partial charge in [0.25, 0.3) is 0 Å². The molecule has 0 atom stereocenters. The van der Waals surface area contributed by atoms with Crippen LogP contribution in [0.15, 0.2) is 30.3 Å². The molecule has 1 aromatic rings. The summed E-state index contributed by atoms with van der Waals surface area (Å²) in [4.78, 5) is 0. The van der Waals surface area contributed by atoms with E-state index in [0.29, 0.717) is 12.8 Å². The standard InChI is InChI=1S/C11H10N2/c12-8-6-11(7-9-13)10-4-2-1-3-5-10/h1-5,11H,6-7H2. The van der Waals surface area contributed by atoms with Crippen LogP contribution in [0.5, 0.6) is 0 Å². The molecule has 0 saturated heterocycles. The zero-order valence-electron chi connectivity index (χ0n) is 7.27. The zero-order valence-corrected chi connectivity index (χ0v) is 7.27. The maximum absolute atomic E-state index is 8.57. The Kier molecular flexibility index (Phi) is 3.54. The van der Waals surface area contributed by atoms with Gasteiger partial charge in [-0.05, 0) is 5.56 Å². The first-order chi connectivity index (χ1) is 6.38. The van der Waals surface area contributed by atoms with Crippen molar-refractivity contribution in [3.63, 3.8) is 0 Å². The van der Waals surface area contributed by atoms with Crippen LogP contribution < -0.4 is 0 Å². The SMILES string of the molecule is N#CCC(CC#N)c1ccccc1. The van der Waals surface area contributed by atoms with Gasteiger partial charge in [0, 0.05) is 18.8 Å². The summed E-state index contributed by atoms with van der Waals surface area (Å²) in [7, 11) is 0. The van der Waals surface area contributed by atoms with E-state index in [-0.39, 0.29) is 5.92 Å². The molecule has 1 aromatic carbocycles. The summed E-state index contributed by atoms with van der Waals surface area (Å²) in [6.07, 6.45) is 0.829. The molecule has 0 heterocycles. The molecule has 64 valence electrons. The lowest BCUT2D eigenvalue weighted by molar-refractivity contribution is 0.726. The maximum Gasteiger partial charge on any atom is 0.0628 e. The fourth-order valence-corrected chi connectivity index (χ4v) is 1.25. The third-order valence-electron chi connectivity index (χ3n) is 1.95. The second-order valence-electron chi connectivity index (χ2n) is 2.83. The molecular formula is C11H10N2. The monoisotopic (exact) mass is 170 g/mol. The molecule has 0 N–H and O–H groups in total. The van der Waals surface area contributed by atoms with Crippen LogP contribution in [0.3, 0.4) is 0 Å². The van der Waals surface area contributed by atoms with Crippen molar-refractivity contribution in [1.29, 1.82) is 10.5 Å². The predicted molar refractivity (Wildman–Crippen MR) is 49.6 cm³/mol. The highest BCUT2D eigenvalue weighted by molar-refractivity contribution is 5.21. The summed E-state index contributed by atoms with van der Waals surface area (Å²) < 4.78 is 0. The Labute approximate surface area is 78.0 Å². The average Bonchev–Trinajstić information content (AvgIpc) is 2.19. The average molecular weight is 170 g/mol. The van der Waals surface area contributed by atoms with Gasteiger partial charge in [0.2, 0.25) is 0 Å². The van der Waals surface area contributed by atoms with Gasteiger partial charge in [-0.3, -0.25) is 0 Å². The molecule has 13 heavy (non-hydrogen) atoms. The number of nitrogens with zero attached hydrogens (tertiary/aromatic N) is 2. The van der Waals surface area contributed by atoms with Crippen LogP contribution in [-0.4, -0.2) is 0 Å². The largest absolute Gasteiger partial charge is 0.198 e. The van der Waals surface area contributed by atoms with Gasteiger partial charge >= 0.3 is 0 Å². The third kappa shape index (κ3) is 2.61. The van der Waals surface area contributed by atoms with E-state index in [9.17, 15) is 0 Å². The zero-order chi connectivity index (χ0) is 9.52. The first-order valence-corrected chi connectivity index (χ1v) is 4.17. The van der Waals surface area contributed by atoms with Gasteiger partial charge in [-0.2, -0.15) is 10.5 Å². The van der Waals surface area contributed by atoms with Crippen LogP contribution >= 0.6 is 0 Å². The summed E-state index contributed by atoms with van der Waals surface area (Å²) in [5, 5.41) is 17.1. The van der Waals surface area contributed by atoms with E-state index in [4.69, 9.17) is 10.5 Å². The highest BCUT2D eigenvalue weighted by Gasteiger charge is 2.09. The van der Waals surface area contributed by atoms with Crippen LogP contribution in [0.4, 0.5) is 0 Å². The Morgan fingerprint density at radius 2 is 1.54 bits per heavy atom. The van der Waals surface area contributed by atoms with Gasteiger partial charge < -0.3 is 0 Å². The van der Waals surface area contributed by atoms with Crippen molar-refractivity contribution in [2.45, 2.75) is 18.8 Å². The van der Waals surface area contributed by atoms with Crippen molar-refractivity contribution in [3.8, 4) is 12.1 Å². The van der Waals surface area contributed by atoms with Gasteiger partial charge in [0.15, 0.2) is 0 Å². The van der Waals surface area contributed by atoms with Gasteiger partial charge in [0.1, 0.15) is 0 Å².